The third-order valence-corrected chi connectivity index (χ3v) is 4.61. The molecule has 0 fully saturated rings. The highest BCUT2D eigenvalue weighted by atomic mass is 32.2. The van der Waals surface area contributed by atoms with Crippen LogP contribution in [0.1, 0.15) is 0 Å². The Morgan fingerprint density at radius 2 is 1.89 bits per heavy atom. The Bertz CT molecular complexity index is 1220. The maximum Gasteiger partial charge on any atom is 0.264 e. The van der Waals surface area contributed by atoms with Crippen molar-refractivity contribution in [1.29, 1.82) is 0 Å². The topological polar surface area (TPSA) is 83.3 Å². The van der Waals surface area contributed by atoms with E-state index in [9.17, 15) is 8.42 Å². The molecular weight excluding hydrogens is 366 g/mol. The van der Waals surface area contributed by atoms with E-state index in [0.29, 0.717) is 5.88 Å². The minimum atomic E-state index is -3.47. The maximum absolute atomic E-state index is 10.9. The fraction of sp³-hybridized carbons (Fsp3) is 0.158. The Labute approximate surface area is 156 Å². The van der Waals surface area contributed by atoms with Crippen molar-refractivity contribution in [2.75, 3.05) is 19.5 Å². The predicted octanol–water partition coefficient (Wildman–Crippen LogP) is 2.93. The van der Waals surface area contributed by atoms with Gasteiger partial charge in [0.1, 0.15) is 19.0 Å². The van der Waals surface area contributed by atoms with Gasteiger partial charge in [0.05, 0.1) is 23.5 Å². The highest BCUT2D eigenvalue weighted by Crippen LogP contribution is 2.23. The Morgan fingerprint density at radius 1 is 1.04 bits per heavy atom. The van der Waals surface area contributed by atoms with Crippen molar-refractivity contribution in [3.05, 3.63) is 60.9 Å². The minimum Gasteiger partial charge on any atom is -0.475 e. The van der Waals surface area contributed by atoms with Gasteiger partial charge in [-0.2, -0.15) is 8.42 Å². The highest BCUT2D eigenvalue weighted by molar-refractivity contribution is 7.85. The summed E-state index contributed by atoms with van der Waals surface area (Å²) in [6.07, 6.45) is 4.64. The van der Waals surface area contributed by atoms with Crippen molar-refractivity contribution in [3.8, 4) is 11.7 Å². The molecule has 4 rings (SSSR count). The molecule has 8 heteroatoms. The average molecular weight is 383 g/mol. The summed E-state index contributed by atoms with van der Waals surface area (Å²) in [6, 6.07) is 15.7. The lowest BCUT2D eigenvalue weighted by Gasteiger charge is -2.07. The summed E-state index contributed by atoms with van der Waals surface area (Å²) in [5.74, 6) is 1.21. The van der Waals surface area contributed by atoms with Gasteiger partial charge in [0, 0.05) is 23.0 Å². The number of para-hydroxylation sites is 1. The Hall–Kier alpha value is -2.97. The van der Waals surface area contributed by atoms with Gasteiger partial charge in [-0.15, -0.1) is 0 Å². The molecular formula is C19H17N3O4S. The van der Waals surface area contributed by atoms with E-state index in [-0.39, 0.29) is 13.2 Å². The number of hydrogen-bond donors (Lipinski definition) is 0. The van der Waals surface area contributed by atoms with Crippen LogP contribution in [-0.4, -0.2) is 42.4 Å². The van der Waals surface area contributed by atoms with Crippen LogP contribution in [0, 0.1) is 0 Å². The van der Waals surface area contributed by atoms with Gasteiger partial charge in [-0.25, -0.2) is 9.97 Å². The zero-order valence-electron chi connectivity index (χ0n) is 14.6. The van der Waals surface area contributed by atoms with Crippen LogP contribution in [0.25, 0.3) is 27.6 Å². The molecule has 0 amide bonds. The fourth-order valence-corrected chi connectivity index (χ4v) is 3.18. The molecule has 0 unspecified atom stereocenters. The van der Waals surface area contributed by atoms with Crippen molar-refractivity contribution in [2.45, 2.75) is 0 Å². The summed E-state index contributed by atoms with van der Waals surface area (Å²) in [5.41, 5.74) is 1.83. The molecule has 138 valence electrons. The number of hydrogen-bond acceptors (Lipinski definition) is 6. The number of pyridine rings is 2. The van der Waals surface area contributed by atoms with Gasteiger partial charge >= 0.3 is 0 Å². The Balaban J connectivity index is 1.56. The Morgan fingerprint density at radius 3 is 2.74 bits per heavy atom. The van der Waals surface area contributed by atoms with Crippen LogP contribution in [0.3, 0.4) is 0 Å². The molecule has 0 aliphatic heterocycles. The van der Waals surface area contributed by atoms with E-state index in [4.69, 9.17) is 9.72 Å². The van der Waals surface area contributed by atoms with Gasteiger partial charge in [-0.1, -0.05) is 18.2 Å². The quantitative estimate of drug-likeness (QED) is 0.376. The van der Waals surface area contributed by atoms with Crippen molar-refractivity contribution in [3.63, 3.8) is 0 Å². The first-order valence-corrected chi connectivity index (χ1v) is 10.1. The third-order valence-electron chi connectivity index (χ3n) is 4.01. The molecule has 27 heavy (non-hydrogen) atoms. The van der Waals surface area contributed by atoms with Crippen molar-refractivity contribution >= 4 is 31.9 Å². The molecule has 0 aliphatic rings. The molecule has 0 aliphatic carbocycles. The summed E-state index contributed by atoms with van der Waals surface area (Å²) < 4.78 is 33.9. The molecule has 0 bridgehead atoms. The summed E-state index contributed by atoms with van der Waals surface area (Å²) in [4.78, 5) is 8.99. The number of aromatic nitrogens is 3. The first kappa shape index (κ1) is 17.4. The second-order valence-corrected chi connectivity index (χ2v) is 7.65. The van der Waals surface area contributed by atoms with Gasteiger partial charge < -0.3 is 4.74 Å². The van der Waals surface area contributed by atoms with Crippen LogP contribution in [0.2, 0.25) is 0 Å². The lowest BCUT2D eigenvalue weighted by atomic mass is 10.2. The molecule has 1 aromatic carbocycles. The van der Waals surface area contributed by atoms with E-state index in [0.717, 1.165) is 33.9 Å². The second kappa shape index (κ2) is 6.98. The largest absolute Gasteiger partial charge is 0.475 e. The number of rotatable bonds is 6. The average Bonchev–Trinajstić information content (AvgIpc) is 3.07. The van der Waals surface area contributed by atoms with E-state index in [1.54, 1.807) is 12.3 Å². The molecule has 3 heterocycles. The van der Waals surface area contributed by atoms with Crippen molar-refractivity contribution in [2.24, 2.45) is 0 Å². The molecule has 7 nitrogen and oxygen atoms in total. The van der Waals surface area contributed by atoms with Gasteiger partial charge in [-0.05, 0) is 24.3 Å². The molecule has 0 saturated heterocycles. The minimum absolute atomic E-state index is 0.0550. The Kier molecular flexibility index (Phi) is 4.51. The maximum atomic E-state index is 10.9. The zero-order chi connectivity index (χ0) is 18.9. The smallest absolute Gasteiger partial charge is 0.264 e. The molecule has 4 aromatic rings. The van der Waals surface area contributed by atoms with Crippen LogP contribution in [0.4, 0.5) is 0 Å². The fourth-order valence-electron chi connectivity index (χ4n) is 2.81. The SMILES string of the molecule is CS(=O)(=O)OCCOc1cc2ccn(-c3ccc4ccccc4n3)c2cn1. The summed E-state index contributed by atoms with van der Waals surface area (Å²) >= 11 is 0. The first-order valence-electron chi connectivity index (χ1n) is 8.30. The molecule has 0 N–H and O–H groups in total. The third kappa shape index (κ3) is 3.91. The van der Waals surface area contributed by atoms with E-state index in [1.807, 2.05) is 53.2 Å². The van der Waals surface area contributed by atoms with Crippen LogP contribution in [0.15, 0.2) is 60.9 Å². The molecule has 0 radical (unpaired) electrons. The van der Waals surface area contributed by atoms with E-state index in [2.05, 4.69) is 9.17 Å². The van der Waals surface area contributed by atoms with Gasteiger partial charge in [0.15, 0.2) is 0 Å². The highest BCUT2D eigenvalue weighted by Gasteiger charge is 2.08. The number of fused-ring (bicyclic) bond motifs is 2. The van der Waals surface area contributed by atoms with Crippen molar-refractivity contribution in [1.82, 2.24) is 14.5 Å². The summed E-state index contributed by atoms with van der Waals surface area (Å²) in [7, 11) is -3.47. The predicted molar refractivity (Wildman–Crippen MR) is 103 cm³/mol. The molecule has 0 spiro atoms. The first-order chi connectivity index (χ1) is 13.0. The van der Waals surface area contributed by atoms with Gasteiger partial charge in [0.25, 0.3) is 10.1 Å². The summed E-state index contributed by atoms with van der Waals surface area (Å²) in [5, 5.41) is 2.03. The van der Waals surface area contributed by atoms with Gasteiger partial charge in [0.2, 0.25) is 5.88 Å². The van der Waals surface area contributed by atoms with E-state index < -0.39 is 10.1 Å². The standard InChI is InChI=1S/C19H17N3O4S/c1-27(23,24)26-11-10-25-19-12-15-8-9-22(17(15)13-20-19)18-7-6-14-4-2-3-5-16(14)21-18/h2-9,12-13H,10-11H2,1H3. The lowest BCUT2D eigenvalue weighted by Crippen LogP contribution is -2.11. The van der Waals surface area contributed by atoms with Crippen LogP contribution in [-0.2, 0) is 14.3 Å². The van der Waals surface area contributed by atoms with Gasteiger partial charge in [-0.3, -0.25) is 8.75 Å². The number of benzene rings is 1. The van der Waals surface area contributed by atoms with Crippen molar-refractivity contribution < 1.29 is 17.3 Å². The van der Waals surface area contributed by atoms with Crippen LogP contribution >= 0.6 is 0 Å². The molecule has 0 saturated carbocycles. The number of nitrogens with zero attached hydrogens (tertiary/aromatic N) is 3. The summed E-state index contributed by atoms with van der Waals surface area (Å²) in [6.45, 7) is 0.0408. The molecule has 0 atom stereocenters. The monoisotopic (exact) mass is 383 g/mol. The second-order valence-electron chi connectivity index (χ2n) is 6.00. The zero-order valence-corrected chi connectivity index (χ0v) is 15.4. The number of ether oxygens (including phenoxy) is 1. The van der Waals surface area contributed by atoms with E-state index >= 15 is 0 Å². The van der Waals surface area contributed by atoms with Crippen LogP contribution < -0.4 is 4.74 Å². The normalized spacial score (nSPS) is 11.9. The molecule has 3 aromatic heterocycles. The lowest BCUT2D eigenvalue weighted by molar-refractivity contribution is 0.217. The van der Waals surface area contributed by atoms with E-state index in [1.165, 1.54) is 0 Å². The van der Waals surface area contributed by atoms with Crippen LogP contribution in [0.5, 0.6) is 5.88 Å².